The fourth-order valence-electron chi connectivity index (χ4n) is 2.92. The lowest BCUT2D eigenvalue weighted by Gasteiger charge is -2.11. The molecule has 1 N–H and O–H groups in total. The second-order valence-electron chi connectivity index (χ2n) is 5.79. The van der Waals surface area contributed by atoms with Crippen LogP contribution in [0.4, 0.5) is 11.5 Å². The number of hydrogen-bond donors (Lipinski definition) is 1. The van der Waals surface area contributed by atoms with Gasteiger partial charge in [-0.2, -0.15) is 0 Å². The van der Waals surface area contributed by atoms with E-state index in [9.17, 15) is 0 Å². The molecule has 0 amide bonds. The molecule has 0 fully saturated rings. The third kappa shape index (κ3) is 2.56. The lowest BCUT2D eigenvalue weighted by Crippen LogP contribution is -1.99. The molecule has 0 unspecified atom stereocenters. The van der Waals surface area contributed by atoms with Crippen molar-refractivity contribution in [2.45, 2.75) is 6.54 Å². The molecule has 2 aromatic carbocycles. The quantitative estimate of drug-likeness (QED) is 0.598. The van der Waals surface area contributed by atoms with Crippen LogP contribution in [0.1, 0.15) is 11.1 Å². The molecule has 0 saturated carbocycles. The van der Waals surface area contributed by atoms with Gasteiger partial charge in [-0.05, 0) is 35.4 Å². The molecule has 4 aromatic rings. The first-order chi connectivity index (χ1) is 12.4. The summed E-state index contributed by atoms with van der Waals surface area (Å²) < 4.78 is 0. The lowest BCUT2D eigenvalue weighted by molar-refractivity contribution is 1.11. The number of rotatable bonds is 3. The summed E-state index contributed by atoms with van der Waals surface area (Å²) in [6.45, 7) is 0.765. The van der Waals surface area contributed by atoms with Gasteiger partial charge in [-0.25, -0.2) is 9.97 Å². The Bertz CT molecular complexity index is 1100. The van der Waals surface area contributed by atoms with Gasteiger partial charge in [-0.3, -0.25) is 9.98 Å². The number of thiazole rings is 1. The summed E-state index contributed by atoms with van der Waals surface area (Å²) in [7, 11) is 0. The van der Waals surface area contributed by atoms with E-state index in [1.807, 2.05) is 30.5 Å². The first-order valence-electron chi connectivity index (χ1n) is 7.92. The molecule has 2 aromatic heterocycles. The van der Waals surface area contributed by atoms with Crippen molar-refractivity contribution in [1.29, 1.82) is 0 Å². The van der Waals surface area contributed by atoms with Crippen molar-refractivity contribution in [3.05, 3.63) is 65.3 Å². The molecular formula is C19H13N5S. The number of nitrogens with one attached hydrogen (secondary N) is 1. The van der Waals surface area contributed by atoms with Crippen molar-refractivity contribution in [1.82, 2.24) is 15.0 Å². The number of nitrogens with zero attached hydrogens (tertiary/aromatic N) is 4. The van der Waals surface area contributed by atoms with Gasteiger partial charge in [0.1, 0.15) is 5.82 Å². The predicted molar refractivity (Wildman–Crippen MR) is 102 cm³/mol. The van der Waals surface area contributed by atoms with Crippen molar-refractivity contribution in [3.8, 4) is 10.7 Å². The highest BCUT2D eigenvalue weighted by Crippen LogP contribution is 2.29. The van der Waals surface area contributed by atoms with Gasteiger partial charge < -0.3 is 5.32 Å². The minimum Gasteiger partial charge on any atom is -0.340 e. The number of fused-ring (bicyclic) bond motifs is 2. The topological polar surface area (TPSA) is 63.1 Å². The van der Waals surface area contributed by atoms with Crippen molar-refractivity contribution in [2.24, 2.45) is 4.99 Å². The summed E-state index contributed by atoms with van der Waals surface area (Å²) >= 11 is 1.53. The fraction of sp³-hybridized carbons (Fsp3) is 0.0526. The lowest BCUT2D eigenvalue weighted by atomic mass is 10.1. The van der Waals surface area contributed by atoms with Crippen LogP contribution in [0, 0.1) is 0 Å². The monoisotopic (exact) mass is 343 g/mol. The molecule has 0 radical (unpaired) electrons. The van der Waals surface area contributed by atoms with Gasteiger partial charge in [0.05, 0.1) is 22.4 Å². The second-order valence-corrected chi connectivity index (χ2v) is 6.67. The molecule has 1 aliphatic rings. The number of aliphatic imine (C=N–C) groups is 1. The second kappa shape index (κ2) is 5.75. The van der Waals surface area contributed by atoms with E-state index in [-0.39, 0.29) is 0 Å². The van der Waals surface area contributed by atoms with E-state index in [4.69, 9.17) is 4.98 Å². The number of hydrogen-bond acceptors (Lipinski definition) is 6. The van der Waals surface area contributed by atoms with E-state index in [0.29, 0.717) is 5.82 Å². The number of anilines is 2. The van der Waals surface area contributed by atoms with E-state index in [1.54, 1.807) is 11.7 Å². The molecule has 3 heterocycles. The molecule has 0 bridgehead atoms. The number of aromatic nitrogens is 3. The number of para-hydroxylation sites is 1. The summed E-state index contributed by atoms with van der Waals surface area (Å²) in [4.78, 5) is 18.8. The Hall–Kier alpha value is -3.12. The van der Waals surface area contributed by atoms with E-state index < -0.39 is 0 Å². The van der Waals surface area contributed by atoms with Crippen LogP contribution in [0.3, 0.4) is 0 Å². The first-order valence-corrected chi connectivity index (χ1v) is 8.80. The molecule has 5 rings (SSSR count). The zero-order valence-electron chi connectivity index (χ0n) is 13.2. The van der Waals surface area contributed by atoms with Crippen molar-refractivity contribution in [2.75, 3.05) is 5.32 Å². The summed E-state index contributed by atoms with van der Waals surface area (Å²) in [6.07, 6.45) is 3.71. The molecule has 6 heteroatoms. The molecular weight excluding hydrogens is 330 g/mol. The van der Waals surface area contributed by atoms with Crippen LogP contribution < -0.4 is 5.32 Å². The molecule has 25 heavy (non-hydrogen) atoms. The van der Waals surface area contributed by atoms with Gasteiger partial charge in [0.2, 0.25) is 0 Å². The highest BCUT2D eigenvalue weighted by molar-refractivity contribution is 7.13. The van der Waals surface area contributed by atoms with Crippen LogP contribution in [-0.2, 0) is 6.54 Å². The van der Waals surface area contributed by atoms with Crippen molar-refractivity contribution >= 4 is 40.0 Å². The van der Waals surface area contributed by atoms with Gasteiger partial charge in [0.25, 0.3) is 0 Å². The van der Waals surface area contributed by atoms with Gasteiger partial charge in [-0.1, -0.05) is 18.2 Å². The van der Waals surface area contributed by atoms with Crippen LogP contribution in [0.2, 0.25) is 0 Å². The normalized spacial score (nSPS) is 12.5. The first kappa shape index (κ1) is 14.2. The predicted octanol–water partition coefficient (Wildman–Crippen LogP) is 4.43. The van der Waals surface area contributed by atoms with Gasteiger partial charge in [0.15, 0.2) is 5.82 Å². The summed E-state index contributed by atoms with van der Waals surface area (Å²) in [5.74, 6) is 1.48. The Labute approximate surface area is 148 Å². The van der Waals surface area contributed by atoms with Crippen LogP contribution in [0.15, 0.2) is 59.2 Å². The van der Waals surface area contributed by atoms with Gasteiger partial charge in [0, 0.05) is 23.5 Å². The van der Waals surface area contributed by atoms with Crippen LogP contribution in [0.5, 0.6) is 0 Å². The van der Waals surface area contributed by atoms with Crippen LogP contribution in [-0.4, -0.2) is 21.2 Å². The minimum absolute atomic E-state index is 0.687. The zero-order chi connectivity index (χ0) is 16.6. The van der Waals surface area contributed by atoms with Gasteiger partial charge in [-0.15, -0.1) is 11.3 Å². The van der Waals surface area contributed by atoms with E-state index in [0.717, 1.165) is 39.4 Å². The summed E-state index contributed by atoms with van der Waals surface area (Å²) in [5.41, 5.74) is 6.10. The molecule has 0 aliphatic carbocycles. The Kier molecular flexibility index (Phi) is 3.28. The zero-order valence-corrected chi connectivity index (χ0v) is 14.0. The Morgan fingerprint density at radius 2 is 2.00 bits per heavy atom. The average Bonchev–Trinajstić information content (AvgIpc) is 3.33. The summed E-state index contributed by atoms with van der Waals surface area (Å²) in [5, 5.41) is 4.44. The average molecular weight is 343 g/mol. The number of benzene rings is 2. The smallest absolute Gasteiger partial charge is 0.173 e. The van der Waals surface area contributed by atoms with Crippen LogP contribution in [0.25, 0.3) is 21.6 Å². The van der Waals surface area contributed by atoms with Gasteiger partial charge >= 0.3 is 0 Å². The van der Waals surface area contributed by atoms with Crippen molar-refractivity contribution < 1.29 is 0 Å². The molecule has 120 valence electrons. The van der Waals surface area contributed by atoms with E-state index in [2.05, 4.69) is 38.5 Å². The highest BCUT2D eigenvalue weighted by atomic mass is 32.1. The molecule has 1 aliphatic heterocycles. The third-order valence-electron chi connectivity index (χ3n) is 4.16. The highest BCUT2D eigenvalue weighted by Gasteiger charge is 2.12. The Morgan fingerprint density at radius 1 is 1.04 bits per heavy atom. The molecule has 0 saturated heterocycles. The summed E-state index contributed by atoms with van der Waals surface area (Å²) in [6, 6.07) is 14.3. The molecule has 0 spiro atoms. The molecule has 5 nitrogen and oxygen atoms in total. The maximum atomic E-state index is 4.75. The maximum Gasteiger partial charge on any atom is 0.173 e. The standard InChI is InChI=1S/C19H13N5S/c1-2-4-16-15(3-1)18(24-19(23-16)17-10-21-11-25-17)22-14-6-5-12-8-20-9-13(12)7-14/h1-7,9-11H,8H2,(H,22,23,24). The van der Waals surface area contributed by atoms with Crippen molar-refractivity contribution in [3.63, 3.8) is 0 Å². The minimum atomic E-state index is 0.687. The third-order valence-corrected chi connectivity index (χ3v) is 4.93. The largest absolute Gasteiger partial charge is 0.340 e. The van der Waals surface area contributed by atoms with E-state index in [1.165, 1.54) is 16.9 Å². The SMILES string of the molecule is C1=NCc2ccc(Nc3nc(-c4cncs4)nc4ccccc34)cc21. The van der Waals surface area contributed by atoms with E-state index >= 15 is 0 Å². The Morgan fingerprint density at radius 3 is 2.92 bits per heavy atom. The fourth-order valence-corrected chi connectivity index (χ4v) is 3.48. The van der Waals surface area contributed by atoms with Crippen LogP contribution >= 0.6 is 11.3 Å². The molecule has 0 atom stereocenters. The Balaban J connectivity index is 1.63. The maximum absolute atomic E-state index is 4.75.